The minimum absolute atomic E-state index is 0.113. The lowest BCUT2D eigenvalue weighted by Gasteiger charge is -2.58. The predicted molar refractivity (Wildman–Crippen MR) is 138 cm³/mol. The van der Waals surface area contributed by atoms with Crippen molar-refractivity contribution in [2.45, 2.75) is 125 Å². The number of esters is 1. The van der Waals surface area contributed by atoms with Crippen LogP contribution >= 0.6 is 0 Å². The molecule has 2 heteroatoms. The zero-order valence-electron chi connectivity index (χ0n) is 22.8. The van der Waals surface area contributed by atoms with Crippen molar-refractivity contribution in [2.24, 2.45) is 52.3 Å². The van der Waals surface area contributed by atoms with E-state index in [1.54, 1.807) is 12.5 Å². The molecule has 33 heavy (non-hydrogen) atoms. The van der Waals surface area contributed by atoms with Gasteiger partial charge < -0.3 is 4.74 Å². The first kappa shape index (κ1) is 25.3. The first-order valence-electron chi connectivity index (χ1n) is 14.5. The molecular weight excluding hydrogens is 404 g/mol. The van der Waals surface area contributed by atoms with Crippen LogP contribution in [-0.2, 0) is 9.53 Å². The second-order valence-electron chi connectivity index (χ2n) is 13.4. The van der Waals surface area contributed by atoms with Gasteiger partial charge >= 0.3 is 5.97 Å². The van der Waals surface area contributed by atoms with Crippen LogP contribution in [0.4, 0.5) is 0 Å². The summed E-state index contributed by atoms with van der Waals surface area (Å²) in [5.41, 5.74) is 2.51. The molecule has 4 rings (SSSR count). The zero-order valence-corrected chi connectivity index (χ0v) is 22.8. The van der Waals surface area contributed by atoms with E-state index in [1.165, 1.54) is 57.8 Å². The lowest BCUT2D eigenvalue weighted by atomic mass is 9.47. The number of hydrogen-bond donors (Lipinski definition) is 0. The summed E-state index contributed by atoms with van der Waals surface area (Å²) < 4.78 is 5.63. The van der Waals surface area contributed by atoms with Crippen molar-refractivity contribution < 1.29 is 9.53 Å². The largest absolute Gasteiger partial charge is 0.462 e. The maximum atomic E-state index is 11.5. The van der Waals surface area contributed by atoms with E-state index in [2.05, 4.69) is 47.6 Å². The molecule has 9 atom stereocenters. The monoisotopic (exact) mass is 456 g/mol. The summed E-state index contributed by atoms with van der Waals surface area (Å²) in [6.45, 7) is 16.6. The van der Waals surface area contributed by atoms with Gasteiger partial charge in [-0.25, -0.2) is 0 Å². The molecular formula is C31H52O2. The lowest BCUT2D eigenvalue weighted by molar-refractivity contribution is -0.148. The number of fused-ring (bicyclic) bond motifs is 5. The molecule has 0 aromatic heterocycles. The van der Waals surface area contributed by atoms with Gasteiger partial charge in [-0.2, -0.15) is 0 Å². The van der Waals surface area contributed by atoms with Crippen LogP contribution in [0.1, 0.15) is 119 Å². The average Bonchev–Trinajstić information content (AvgIpc) is 3.11. The Morgan fingerprint density at radius 1 is 1.06 bits per heavy atom. The molecule has 0 spiro atoms. The molecule has 3 saturated carbocycles. The molecule has 0 heterocycles. The third-order valence-electron chi connectivity index (χ3n) is 11.6. The predicted octanol–water partition coefficient (Wildman–Crippen LogP) is 8.60. The van der Waals surface area contributed by atoms with Gasteiger partial charge in [0.05, 0.1) is 0 Å². The minimum Gasteiger partial charge on any atom is -0.462 e. The maximum absolute atomic E-state index is 11.5. The van der Waals surface area contributed by atoms with E-state index in [9.17, 15) is 4.79 Å². The molecule has 0 saturated heterocycles. The van der Waals surface area contributed by atoms with Gasteiger partial charge in [-0.1, -0.05) is 66.0 Å². The van der Waals surface area contributed by atoms with Crippen molar-refractivity contribution in [2.75, 3.05) is 0 Å². The molecule has 0 bridgehead atoms. The Kier molecular flexibility index (Phi) is 7.43. The van der Waals surface area contributed by atoms with Crippen LogP contribution in [0.2, 0.25) is 0 Å². The molecule has 0 aliphatic heterocycles. The van der Waals surface area contributed by atoms with Crippen LogP contribution in [0, 0.1) is 52.3 Å². The fourth-order valence-electron chi connectivity index (χ4n) is 9.63. The third kappa shape index (κ3) is 4.58. The maximum Gasteiger partial charge on any atom is 0.302 e. The lowest BCUT2D eigenvalue weighted by Crippen LogP contribution is -2.51. The third-order valence-corrected chi connectivity index (χ3v) is 11.6. The van der Waals surface area contributed by atoms with Crippen LogP contribution < -0.4 is 0 Å². The summed E-state index contributed by atoms with van der Waals surface area (Å²) in [5.74, 6) is 6.03. The van der Waals surface area contributed by atoms with E-state index in [4.69, 9.17) is 4.74 Å². The smallest absolute Gasteiger partial charge is 0.302 e. The molecule has 0 unspecified atom stereocenters. The molecule has 4 aliphatic carbocycles. The standard InChI is InChI=1S/C31H52O2/c1-8-23(20(2)3)10-9-21(4)27-13-14-28-26-12-11-24-19-25(33-22(5)32)15-17-30(24,6)29(26)16-18-31(27,28)7/h11,20-21,23,25-29H,8-10,12-19H2,1-7H3/t21-,23-,25-,26+,27+,28-,29+,30-,31+/m0/s1. The SMILES string of the molecule is CC[C@@H](CC[C@H](C)[C@H]1CC[C@H]2[C@H]3CC=C4C[C@@H](OC(C)=O)CC[C@]4(C)[C@@H]3CC[C@]12C)C(C)C. The molecule has 4 aliphatic rings. The first-order chi connectivity index (χ1) is 15.6. The molecule has 3 fully saturated rings. The van der Waals surface area contributed by atoms with Crippen molar-refractivity contribution in [3.8, 4) is 0 Å². The molecule has 0 aromatic carbocycles. The number of carbonyl (C=O) groups is 1. The molecule has 0 amide bonds. The topological polar surface area (TPSA) is 26.3 Å². The second-order valence-corrected chi connectivity index (χ2v) is 13.4. The van der Waals surface area contributed by atoms with Crippen LogP contribution in [-0.4, -0.2) is 12.1 Å². The summed E-state index contributed by atoms with van der Waals surface area (Å²) in [6.07, 6.45) is 17.2. The highest BCUT2D eigenvalue weighted by Crippen LogP contribution is 2.67. The van der Waals surface area contributed by atoms with Crippen molar-refractivity contribution >= 4 is 5.97 Å². The van der Waals surface area contributed by atoms with Gasteiger partial charge in [-0.3, -0.25) is 4.79 Å². The van der Waals surface area contributed by atoms with Gasteiger partial charge in [-0.05, 0) is 104 Å². The Morgan fingerprint density at radius 2 is 1.82 bits per heavy atom. The van der Waals surface area contributed by atoms with Gasteiger partial charge in [-0.15, -0.1) is 0 Å². The van der Waals surface area contributed by atoms with E-state index in [0.717, 1.165) is 54.3 Å². The molecule has 0 N–H and O–H groups in total. The Bertz CT molecular complexity index is 737. The second kappa shape index (κ2) is 9.69. The van der Waals surface area contributed by atoms with E-state index in [-0.39, 0.29) is 12.1 Å². The van der Waals surface area contributed by atoms with Gasteiger partial charge in [0.15, 0.2) is 0 Å². The Morgan fingerprint density at radius 3 is 2.48 bits per heavy atom. The molecule has 0 radical (unpaired) electrons. The number of ether oxygens (including phenoxy) is 1. The van der Waals surface area contributed by atoms with Crippen molar-refractivity contribution in [3.63, 3.8) is 0 Å². The van der Waals surface area contributed by atoms with E-state index in [1.807, 2.05) is 0 Å². The number of allylic oxidation sites excluding steroid dienone is 1. The highest BCUT2D eigenvalue weighted by atomic mass is 16.5. The highest BCUT2D eigenvalue weighted by molar-refractivity contribution is 5.66. The Labute approximate surface area is 204 Å². The van der Waals surface area contributed by atoms with Crippen LogP contribution in [0.3, 0.4) is 0 Å². The average molecular weight is 457 g/mol. The summed E-state index contributed by atoms with van der Waals surface area (Å²) in [5, 5.41) is 0. The number of carbonyl (C=O) groups excluding carboxylic acids is 1. The van der Waals surface area contributed by atoms with Crippen LogP contribution in [0.25, 0.3) is 0 Å². The van der Waals surface area contributed by atoms with Crippen LogP contribution in [0.5, 0.6) is 0 Å². The molecule has 0 aromatic rings. The summed E-state index contributed by atoms with van der Waals surface area (Å²) in [4.78, 5) is 11.5. The number of hydrogen-bond acceptors (Lipinski definition) is 2. The first-order valence-corrected chi connectivity index (χ1v) is 14.5. The van der Waals surface area contributed by atoms with E-state index in [0.29, 0.717) is 10.8 Å². The van der Waals surface area contributed by atoms with E-state index < -0.39 is 0 Å². The van der Waals surface area contributed by atoms with E-state index >= 15 is 0 Å². The molecule has 188 valence electrons. The molecule has 2 nitrogen and oxygen atoms in total. The zero-order chi connectivity index (χ0) is 24.0. The fraction of sp³-hybridized carbons (Fsp3) is 0.903. The normalized spacial score (nSPS) is 42.1. The van der Waals surface area contributed by atoms with Crippen molar-refractivity contribution in [1.29, 1.82) is 0 Å². The Hall–Kier alpha value is -0.790. The highest BCUT2D eigenvalue weighted by Gasteiger charge is 2.59. The number of rotatable bonds is 7. The van der Waals surface area contributed by atoms with Gasteiger partial charge in [0, 0.05) is 13.3 Å². The summed E-state index contributed by atoms with van der Waals surface area (Å²) in [6, 6.07) is 0. The van der Waals surface area contributed by atoms with Gasteiger partial charge in [0.2, 0.25) is 0 Å². The van der Waals surface area contributed by atoms with Crippen molar-refractivity contribution in [3.05, 3.63) is 11.6 Å². The minimum atomic E-state index is -0.115. The Balaban J connectivity index is 1.46. The van der Waals surface area contributed by atoms with Crippen LogP contribution in [0.15, 0.2) is 11.6 Å². The quantitative estimate of drug-likeness (QED) is 0.283. The van der Waals surface area contributed by atoms with Crippen molar-refractivity contribution in [1.82, 2.24) is 0 Å². The van der Waals surface area contributed by atoms with Gasteiger partial charge in [0.25, 0.3) is 0 Å². The summed E-state index contributed by atoms with van der Waals surface area (Å²) >= 11 is 0. The fourth-order valence-corrected chi connectivity index (χ4v) is 9.63. The van der Waals surface area contributed by atoms with Gasteiger partial charge in [0.1, 0.15) is 6.10 Å². The summed E-state index contributed by atoms with van der Waals surface area (Å²) in [7, 11) is 0.